The number of ketones is 1. The number of halogens is 2. The second-order valence-corrected chi connectivity index (χ2v) is 6.82. The van der Waals surface area contributed by atoms with Gasteiger partial charge in [0.25, 0.3) is 5.92 Å². The van der Waals surface area contributed by atoms with Gasteiger partial charge >= 0.3 is 0 Å². The average molecular weight is 323 g/mol. The number of benzene rings is 1. The van der Waals surface area contributed by atoms with Gasteiger partial charge in [-0.3, -0.25) is 4.79 Å². The number of alkyl halides is 2. The van der Waals surface area contributed by atoms with Gasteiger partial charge in [-0.2, -0.15) is 0 Å². The molecule has 128 valence electrons. The smallest absolute Gasteiger partial charge is 0.270 e. The summed E-state index contributed by atoms with van der Waals surface area (Å²) in [7, 11) is 0. The van der Waals surface area contributed by atoms with Crippen molar-refractivity contribution in [1.29, 1.82) is 0 Å². The van der Waals surface area contributed by atoms with Crippen LogP contribution in [0, 0.1) is 5.92 Å². The van der Waals surface area contributed by atoms with E-state index >= 15 is 0 Å². The Morgan fingerprint density at radius 1 is 1.39 bits per heavy atom. The molecule has 0 bridgehead atoms. The van der Waals surface area contributed by atoms with Gasteiger partial charge < -0.3 is 5.32 Å². The molecule has 1 aliphatic carbocycles. The van der Waals surface area contributed by atoms with E-state index in [-0.39, 0.29) is 17.4 Å². The van der Waals surface area contributed by atoms with Gasteiger partial charge in [-0.25, -0.2) is 8.78 Å². The molecule has 1 aromatic rings. The minimum atomic E-state index is -2.95. The first-order chi connectivity index (χ1) is 10.7. The van der Waals surface area contributed by atoms with Crippen LogP contribution in [-0.2, 0) is 12.3 Å². The minimum absolute atomic E-state index is 0.0139. The van der Waals surface area contributed by atoms with Crippen molar-refractivity contribution in [1.82, 2.24) is 5.32 Å². The number of carbonyl (C=O) groups is 1. The fourth-order valence-electron chi connectivity index (χ4n) is 3.19. The molecule has 1 N–H and O–H groups in total. The Labute approximate surface area is 137 Å². The molecule has 2 rings (SSSR count). The van der Waals surface area contributed by atoms with Crippen LogP contribution in [0.15, 0.2) is 12.1 Å². The Hall–Kier alpha value is -1.29. The van der Waals surface area contributed by atoms with E-state index in [1.807, 2.05) is 13.8 Å². The van der Waals surface area contributed by atoms with Gasteiger partial charge in [-0.1, -0.05) is 13.3 Å². The molecular weight excluding hydrogens is 296 g/mol. The Balaban J connectivity index is 2.34. The van der Waals surface area contributed by atoms with Gasteiger partial charge in [0, 0.05) is 24.1 Å². The topological polar surface area (TPSA) is 29.1 Å². The monoisotopic (exact) mass is 323 g/mol. The van der Waals surface area contributed by atoms with Crippen LogP contribution in [0.3, 0.4) is 0 Å². The second-order valence-electron chi connectivity index (χ2n) is 6.82. The number of carbonyl (C=O) groups excluding carboxylic acids is 1. The van der Waals surface area contributed by atoms with Gasteiger partial charge in [0.1, 0.15) is 0 Å². The van der Waals surface area contributed by atoms with Crippen molar-refractivity contribution in [3.05, 3.63) is 34.4 Å². The van der Waals surface area contributed by atoms with Crippen LogP contribution in [0.1, 0.15) is 80.0 Å². The average Bonchev–Trinajstić information content (AvgIpc) is 2.42. The molecule has 1 fully saturated rings. The van der Waals surface area contributed by atoms with E-state index in [0.717, 1.165) is 19.0 Å². The van der Waals surface area contributed by atoms with E-state index in [4.69, 9.17) is 0 Å². The Morgan fingerprint density at radius 2 is 2.04 bits per heavy atom. The molecule has 1 atom stereocenters. The highest BCUT2D eigenvalue weighted by molar-refractivity contribution is 5.96. The van der Waals surface area contributed by atoms with Crippen LogP contribution in [-0.4, -0.2) is 12.3 Å². The Morgan fingerprint density at radius 3 is 2.48 bits per heavy atom. The zero-order chi connectivity index (χ0) is 17.2. The SMILES string of the molecule is CCc1c(C(C)=O)cc(C(C)NCC2CCC2)cc1C(C)(F)F. The third-order valence-corrected chi connectivity index (χ3v) is 4.92. The first-order valence-electron chi connectivity index (χ1n) is 8.53. The van der Waals surface area contributed by atoms with Gasteiger partial charge in [-0.05, 0) is 68.8 Å². The molecule has 0 spiro atoms. The van der Waals surface area contributed by atoms with Crippen molar-refractivity contribution in [2.75, 3.05) is 6.54 Å². The molecule has 1 aromatic carbocycles. The predicted molar refractivity (Wildman–Crippen MR) is 89.2 cm³/mol. The molecular formula is C19H27F2NO. The molecule has 4 heteroatoms. The summed E-state index contributed by atoms with van der Waals surface area (Å²) in [5.74, 6) is -2.40. The van der Waals surface area contributed by atoms with Crippen molar-refractivity contribution < 1.29 is 13.6 Å². The van der Waals surface area contributed by atoms with Crippen molar-refractivity contribution in [3.63, 3.8) is 0 Å². The number of rotatable bonds is 7. The highest BCUT2D eigenvalue weighted by Gasteiger charge is 2.30. The molecule has 1 unspecified atom stereocenters. The molecule has 1 saturated carbocycles. The van der Waals surface area contributed by atoms with Crippen LogP contribution in [0.5, 0.6) is 0 Å². The summed E-state index contributed by atoms with van der Waals surface area (Å²) in [5.41, 5.74) is 1.65. The summed E-state index contributed by atoms with van der Waals surface area (Å²) in [6.45, 7) is 7.05. The van der Waals surface area contributed by atoms with E-state index in [1.54, 1.807) is 12.1 Å². The summed E-state index contributed by atoms with van der Waals surface area (Å²) in [6.07, 6.45) is 4.20. The maximum absolute atomic E-state index is 14.0. The van der Waals surface area contributed by atoms with Crippen LogP contribution in [0.25, 0.3) is 0 Å². The minimum Gasteiger partial charge on any atom is -0.310 e. The Bertz CT molecular complexity index is 573. The normalized spacial score (nSPS) is 17.0. The molecule has 23 heavy (non-hydrogen) atoms. The van der Waals surface area contributed by atoms with Crippen molar-refractivity contribution in [2.24, 2.45) is 5.92 Å². The number of hydrogen-bond donors (Lipinski definition) is 1. The molecule has 0 aromatic heterocycles. The fraction of sp³-hybridized carbons (Fsp3) is 0.632. The van der Waals surface area contributed by atoms with Crippen molar-refractivity contribution >= 4 is 5.78 Å². The van der Waals surface area contributed by atoms with Gasteiger partial charge in [0.05, 0.1) is 0 Å². The lowest BCUT2D eigenvalue weighted by atomic mass is 9.85. The van der Waals surface area contributed by atoms with Crippen LogP contribution in [0.2, 0.25) is 0 Å². The first kappa shape index (κ1) is 18.1. The summed E-state index contributed by atoms with van der Waals surface area (Å²) in [6, 6.07) is 3.32. The van der Waals surface area contributed by atoms with Crippen LogP contribution >= 0.6 is 0 Å². The third-order valence-electron chi connectivity index (χ3n) is 4.92. The number of Topliss-reactive ketones (excluding diaryl/α,β-unsaturated/α-hetero) is 1. The van der Waals surface area contributed by atoms with E-state index < -0.39 is 5.92 Å². The van der Waals surface area contributed by atoms with E-state index in [9.17, 15) is 13.6 Å². The highest BCUT2D eigenvalue weighted by atomic mass is 19.3. The standard InChI is InChI=1S/C19H27F2NO/c1-5-16-17(13(3)23)9-15(10-18(16)19(4,20)21)12(2)22-11-14-7-6-8-14/h9-10,12,14,22H,5-8,11H2,1-4H3. The first-order valence-corrected chi connectivity index (χ1v) is 8.53. The van der Waals surface area contributed by atoms with E-state index in [1.165, 1.54) is 26.2 Å². The quantitative estimate of drug-likeness (QED) is 0.714. The highest BCUT2D eigenvalue weighted by Crippen LogP contribution is 2.35. The van der Waals surface area contributed by atoms with Crippen LogP contribution in [0.4, 0.5) is 8.78 Å². The summed E-state index contributed by atoms with van der Waals surface area (Å²) in [4.78, 5) is 11.9. The third kappa shape index (κ3) is 4.17. The molecule has 0 heterocycles. The van der Waals surface area contributed by atoms with Crippen LogP contribution < -0.4 is 5.32 Å². The summed E-state index contributed by atoms with van der Waals surface area (Å²) < 4.78 is 28.1. The summed E-state index contributed by atoms with van der Waals surface area (Å²) in [5, 5.41) is 3.43. The Kier molecular flexibility index (Phi) is 5.56. The van der Waals surface area contributed by atoms with Gasteiger partial charge in [0.15, 0.2) is 5.78 Å². The van der Waals surface area contributed by atoms with Gasteiger partial charge in [-0.15, -0.1) is 0 Å². The molecule has 2 nitrogen and oxygen atoms in total. The van der Waals surface area contributed by atoms with Crippen molar-refractivity contribution in [2.45, 2.75) is 65.3 Å². The molecule has 0 aliphatic heterocycles. The lowest BCUT2D eigenvalue weighted by Crippen LogP contribution is -2.29. The molecule has 0 saturated heterocycles. The molecule has 1 aliphatic rings. The fourth-order valence-corrected chi connectivity index (χ4v) is 3.19. The lowest BCUT2D eigenvalue weighted by Gasteiger charge is -2.28. The number of hydrogen-bond acceptors (Lipinski definition) is 2. The molecule has 0 radical (unpaired) electrons. The zero-order valence-electron chi connectivity index (χ0n) is 14.5. The predicted octanol–water partition coefficient (Wildman–Crippen LogP) is 5.01. The lowest BCUT2D eigenvalue weighted by molar-refractivity contribution is 0.0164. The molecule has 0 amide bonds. The van der Waals surface area contributed by atoms with E-state index in [2.05, 4.69) is 5.32 Å². The van der Waals surface area contributed by atoms with Crippen molar-refractivity contribution in [3.8, 4) is 0 Å². The zero-order valence-corrected chi connectivity index (χ0v) is 14.5. The summed E-state index contributed by atoms with van der Waals surface area (Å²) >= 11 is 0. The number of nitrogens with one attached hydrogen (secondary N) is 1. The van der Waals surface area contributed by atoms with E-state index in [0.29, 0.717) is 23.5 Å². The largest absolute Gasteiger partial charge is 0.310 e. The maximum Gasteiger partial charge on any atom is 0.270 e. The second kappa shape index (κ2) is 7.08. The van der Waals surface area contributed by atoms with Gasteiger partial charge in [0.2, 0.25) is 0 Å². The maximum atomic E-state index is 14.0.